The molecule has 0 radical (unpaired) electrons. The van der Waals surface area contributed by atoms with Gasteiger partial charge in [-0.15, -0.1) is 0 Å². The van der Waals surface area contributed by atoms with Crippen LogP contribution in [0.15, 0.2) is 60.9 Å². The van der Waals surface area contributed by atoms with Gasteiger partial charge in [0.25, 0.3) is 0 Å². The van der Waals surface area contributed by atoms with Crippen LogP contribution >= 0.6 is 0 Å². The molecule has 1 aliphatic heterocycles. The van der Waals surface area contributed by atoms with Gasteiger partial charge in [0.05, 0.1) is 6.54 Å². The van der Waals surface area contributed by atoms with E-state index in [0.717, 1.165) is 29.6 Å². The highest BCUT2D eigenvalue weighted by Gasteiger charge is 2.22. The molecule has 0 aliphatic carbocycles. The summed E-state index contributed by atoms with van der Waals surface area (Å²) in [5.41, 5.74) is 0. The van der Waals surface area contributed by atoms with E-state index in [-0.39, 0.29) is 6.03 Å². The van der Waals surface area contributed by atoms with E-state index in [1.54, 1.807) is 18.5 Å². The summed E-state index contributed by atoms with van der Waals surface area (Å²) in [7, 11) is 0. The number of carbonyl (C=O) groups excluding carboxylic acids is 1. The van der Waals surface area contributed by atoms with Crippen LogP contribution in [0.5, 0.6) is 5.75 Å². The van der Waals surface area contributed by atoms with Gasteiger partial charge in [-0.25, -0.2) is 14.8 Å². The summed E-state index contributed by atoms with van der Waals surface area (Å²) < 4.78 is 5.87. The van der Waals surface area contributed by atoms with E-state index in [4.69, 9.17) is 4.74 Å². The largest absolute Gasteiger partial charge is 0.491 e. The van der Waals surface area contributed by atoms with E-state index >= 15 is 0 Å². The van der Waals surface area contributed by atoms with Crippen LogP contribution in [0.2, 0.25) is 0 Å². The third kappa shape index (κ3) is 4.14. The highest BCUT2D eigenvalue weighted by Crippen LogP contribution is 2.24. The maximum Gasteiger partial charge on any atom is 0.317 e. The molecule has 28 heavy (non-hydrogen) atoms. The number of piperazine rings is 1. The van der Waals surface area contributed by atoms with Gasteiger partial charge in [-0.1, -0.05) is 36.4 Å². The standard InChI is InChI=1S/C21H23N5O2/c27-21(26-14-12-25(13-15-26)20-22-9-4-10-23-20)24-11-16-28-19-8-3-6-17-5-1-2-7-18(17)19/h1-10H,11-16H2,(H,24,27). The first kappa shape index (κ1) is 18.0. The molecule has 0 atom stereocenters. The topological polar surface area (TPSA) is 70.6 Å². The summed E-state index contributed by atoms with van der Waals surface area (Å²) in [4.78, 5) is 24.8. The van der Waals surface area contributed by atoms with Crippen LogP contribution in [-0.2, 0) is 0 Å². The lowest BCUT2D eigenvalue weighted by atomic mass is 10.1. The summed E-state index contributed by atoms with van der Waals surface area (Å²) in [6, 6.07) is 15.8. The first-order valence-electron chi connectivity index (χ1n) is 9.46. The fraction of sp³-hybridized carbons (Fsp3) is 0.286. The minimum Gasteiger partial charge on any atom is -0.491 e. The van der Waals surface area contributed by atoms with Crippen molar-refractivity contribution in [2.24, 2.45) is 0 Å². The van der Waals surface area contributed by atoms with Crippen LogP contribution in [0.1, 0.15) is 0 Å². The molecule has 144 valence electrons. The van der Waals surface area contributed by atoms with Gasteiger partial charge in [-0.05, 0) is 17.5 Å². The molecular formula is C21H23N5O2. The fourth-order valence-electron chi connectivity index (χ4n) is 3.32. The molecule has 3 aromatic rings. The molecule has 1 aliphatic rings. The van der Waals surface area contributed by atoms with E-state index in [2.05, 4.69) is 32.3 Å². The number of carbonyl (C=O) groups is 1. The van der Waals surface area contributed by atoms with Crippen molar-refractivity contribution in [2.75, 3.05) is 44.2 Å². The Morgan fingerprint density at radius 2 is 1.71 bits per heavy atom. The first-order chi connectivity index (χ1) is 13.8. The molecule has 0 spiro atoms. The maximum atomic E-state index is 12.4. The summed E-state index contributed by atoms with van der Waals surface area (Å²) in [6.07, 6.45) is 3.47. The van der Waals surface area contributed by atoms with Crippen LogP contribution in [0.3, 0.4) is 0 Å². The quantitative estimate of drug-likeness (QED) is 0.692. The first-order valence-corrected chi connectivity index (χ1v) is 9.46. The molecule has 4 rings (SSSR count). The Morgan fingerprint density at radius 3 is 2.54 bits per heavy atom. The highest BCUT2D eigenvalue weighted by atomic mass is 16.5. The van der Waals surface area contributed by atoms with Gasteiger partial charge in [0.15, 0.2) is 0 Å². The molecule has 1 aromatic heterocycles. The number of nitrogens with zero attached hydrogens (tertiary/aromatic N) is 4. The number of rotatable bonds is 5. The molecule has 2 heterocycles. The minimum atomic E-state index is -0.0600. The predicted octanol–water partition coefficient (Wildman–Crippen LogP) is 2.54. The van der Waals surface area contributed by atoms with E-state index in [9.17, 15) is 4.79 Å². The Balaban J connectivity index is 1.22. The van der Waals surface area contributed by atoms with Crippen molar-refractivity contribution in [1.29, 1.82) is 0 Å². The third-order valence-electron chi connectivity index (χ3n) is 4.79. The Kier molecular flexibility index (Phi) is 5.51. The number of nitrogens with one attached hydrogen (secondary N) is 1. The maximum absolute atomic E-state index is 12.4. The smallest absolute Gasteiger partial charge is 0.317 e. The second kappa shape index (κ2) is 8.56. The second-order valence-corrected chi connectivity index (χ2v) is 6.58. The van der Waals surface area contributed by atoms with Crippen molar-refractivity contribution >= 4 is 22.8 Å². The van der Waals surface area contributed by atoms with Crippen molar-refractivity contribution in [1.82, 2.24) is 20.2 Å². The number of benzene rings is 2. The van der Waals surface area contributed by atoms with Crippen LogP contribution in [0.4, 0.5) is 10.7 Å². The molecule has 0 unspecified atom stereocenters. The average Bonchev–Trinajstić information content (AvgIpc) is 2.77. The van der Waals surface area contributed by atoms with Gasteiger partial charge in [-0.3, -0.25) is 0 Å². The lowest BCUT2D eigenvalue weighted by Gasteiger charge is -2.34. The third-order valence-corrected chi connectivity index (χ3v) is 4.79. The van der Waals surface area contributed by atoms with Crippen LogP contribution in [0.25, 0.3) is 10.8 Å². The van der Waals surface area contributed by atoms with Crippen molar-refractivity contribution in [2.45, 2.75) is 0 Å². The Bertz CT molecular complexity index is 921. The summed E-state index contributed by atoms with van der Waals surface area (Å²) in [5.74, 6) is 1.55. The number of hydrogen-bond donors (Lipinski definition) is 1. The normalized spacial score (nSPS) is 14.1. The highest BCUT2D eigenvalue weighted by molar-refractivity contribution is 5.88. The van der Waals surface area contributed by atoms with E-state index in [1.807, 2.05) is 35.2 Å². The summed E-state index contributed by atoms with van der Waals surface area (Å²) in [6.45, 7) is 3.64. The van der Waals surface area contributed by atoms with Crippen molar-refractivity contribution in [3.8, 4) is 5.75 Å². The predicted molar refractivity (Wildman–Crippen MR) is 109 cm³/mol. The number of ether oxygens (including phenoxy) is 1. The molecule has 1 saturated heterocycles. The van der Waals surface area contributed by atoms with Crippen molar-refractivity contribution in [3.63, 3.8) is 0 Å². The van der Waals surface area contributed by atoms with Gasteiger partial charge < -0.3 is 19.9 Å². The van der Waals surface area contributed by atoms with E-state index in [1.165, 1.54) is 0 Å². The van der Waals surface area contributed by atoms with Gasteiger partial charge in [0.1, 0.15) is 12.4 Å². The second-order valence-electron chi connectivity index (χ2n) is 6.58. The molecule has 1 N–H and O–H groups in total. The molecule has 7 heteroatoms. The lowest BCUT2D eigenvalue weighted by Crippen LogP contribution is -2.52. The van der Waals surface area contributed by atoms with Gasteiger partial charge in [0.2, 0.25) is 5.95 Å². The average molecular weight is 377 g/mol. The molecule has 7 nitrogen and oxygen atoms in total. The number of urea groups is 1. The zero-order valence-corrected chi connectivity index (χ0v) is 15.6. The van der Waals surface area contributed by atoms with E-state index < -0.39 is 0 Å². The molecule has 1 fully saturated rings. The number of hydrogen-bond acceptors (Lipinski definition) is 5. The lowest BCUT2D eigenvalue weighted by molar-refractivity contribution is 0.191. The molecule has 0 bridgehead atoms. The Labute approximate surface area is 164 Å². The number of amides is 2. The number of aromatic nitrogens is 2. The van der Waals surface area contributed by atoms with Crippen molar-refractivity contribution < 1.29 is 9.53 Å². The summed E-state index contributed by atoms with van der Waals surface area (Å²) >= 11 is 0. The molecular weight excluding hydrogens is 354 g/mol. The monoisotopic (exact) mass is 377 g/mol. The zero-order valence-electron chi connectivity index (χ0n) is 15.6. The Morgan fingerprint density at radius 1 is 0.964 bits per heavy atom. The van der Waals surface area contributed by atoms with Gasteiger partial charge in [0, 0.05) is 44.0 Å². The van der Waals surface area contributed by atoms with Gasteiger partial charge >= 0.3 is 6.03 Å². The number of anilines is 1. The van der Waals surface area contributed by atoms with Gasteiger partial charge in [-0.2, -0.15) is 0 Å². The minimum absolute atomic E-state index is 0.0600. The number of fused-ring (bicyclic) bond motifs is 1. The molecule has 0 saturated carbocycles. The SMILES string of the molecule is O=C(NCCOc1cccc2ccccc12)N1CCN(c2ncccn2)CC1. The summed E-state index contributed by atoms with van der Waals surface area (Å²) in [5, 5.41) is 5.16. The Hall–Kier alpha value is -3.35. The van der Waals surface area contributed by atoms with Crippen molar-refractivity contribution in [3.05, 3.63) is 60.9 Å². The van der Waals surface area contributed by atoms with Crippen LogP contribution in [0, 0.1) is 0 Å². The van der Waals surface area contributed by atoms with E-state index in [0.29, 0.717) is 32.2 Å². The van der Waals surface area contributed by atoms with Crippen LogP contribution in [-0.4, -0.2) is 60.2 Å². The fourth-order valence-corrected chi connectivity index (χ4v) is 3.32. The molecule has 2 amide bonds. The zero-order chi connectivity index (χ0) is 19.2. The molecule has 2 aromatic carbocycles. The van der Waals surface area contributed by atoms with Crippen LogP contribution < -0.4 is 15.0 Å².